The topological polar surface area (TPSA) is 69.0 Å². The van der Waals surface area contributed by atoms with E-state index in [-0.39, 0.29) is 5.91 Å². The van der Waals surface area contributed by atoms with E-state index in [1.165, 1.54) is 5.56 Å². The number of aromatic nitrogens is 3. The van der Waals surface area contributed by atoms with Crippen LogP contribution < -0.4 is 14.4 Å². The highest BCUT2D eigenvalue weighted by molar-refractivity contribution is 6.08. The number of fused-ring (bicyclic) bond motifs is 2. The van der Waals surface area contributed by atoms with Crippen molar-refractivity contribution in [3.05, 3.63) is 71.2 Å². The fourth-order valence-corrected chi connectivity index (χ4v) is 4.65. The van der Waals surface area contributed by atoms with Gasteiger partial charge in [-0.2, -0.15) is 5.10 Å². The summed E-state index contributed by atoms with van der Waals surface area (Å²) in [4.78, 5) is 20.0. The molecule has 3 heterocycles. The molecule has 0 unspecified atom stereocenters. The van der Waals surface area contributed by atoms with Crippen molar-refractivity contribution in [2.45, 2.75) is 34.1 Å². The number of amides is 1. The maximum atomic E-state index is 13.5. The normalized spacial score (nSPS) is 12.8. The number of hydrogen-bond acceptors (Lipinski definition) is 5. The van der Waals surface area contributed by atoms with Gasteiger partial charge >= 0.3 is 0 Å². The number of benzene rings is 2. The molecule has 0 bridgehead atoms. The molecule has 34 heavy (non-hydrogen) atoms. The van der Waals surface area contributed by atoms with Gasteiger partial charge < -0.3 is 14.4 Å². The minimum Gasteiger partial charge on any atom is -0.490 e. The van der Waals surface area contributed by atoms with Crippen LogP contribution >= 0.6 is 0 Å². The van der Waals surface area contributed by atoms with Gasteiger partial charge in [0.05, 0.1) is 30.2 Å². The summed E-state index contributed by atoms with van der Waals surface area (Å²) >= 11 is 0. The summed E-state index contributed by atoms with van der Waals surface area (Å²) in [5, 5.41) is 4.75. The molecule has 0 aliphatic carbocycles. The zero-order chi connectivity index (χ0) is 23.8. The molecular weight excluding hydrogens is 428 g/mol. The van der Waals surface area contributed by atoms with Crippen LogP contribution in [0.4, 0.5) is 5.69 Å². The summed E-state index contributed by atoms with van der Waals surface area (Å²) in [5.41, 5.74) is 6.89. The molecule has 0 radical (unpaired) electrons. The van der Waals surface area contributed by atoms with Crippen molar-refractivity contribution in [1.29, 1.82) is 0 Å². The standard InChI is InChI=1S/C27H28N4O3/c1-5-33-23-12-11-20(15-24(23)34-6-2)25-17(3)29-31-18(4)21(16-28-26(25)31)27(32)30-14-13-19-9-7-8-10-22(19)30/h7-12,15-16H,5-6,13-14H2,1-4H3. The molecule has 7 nitrogen and oxygen atoms in total. The largest absolute Gasteiger partial charge is 0.490 e. The second kappa shape index (κ2) is 8.82. The minimum atomic E-state index is -0.0498. The zero-order valence-corrected chi connectivity index (χ0v) is 20.0. The first-order chi connectivity index (χ1) is 16.5. The first-order valence-electron chi connectivity index (χ1n) is 11.7. The van der Waals surface area contributed by atoms with Gasteiger partial charge in [0.2, 0.25) is 0 Å². The Morgan fingerprint density at radius 2 is 1.79 bits per heavy atom. The SMILES string of the molecule is CCOc1ccc(-c2c(C)nn3c(C)c(C(=O)N4CCc5ccccc54)cnc23)cc1OCC. The van der Waals surface area contributed by atoms with Gasteiger partial charge in [0.15, 0.2) is 17.1 Å². The highest BCUT2D eigenvalue weighted by atomic mass is 16.5. The van der Waals surface area contributed by atoms with Gasteiger partial charge in [-0.3, -0.25) is 4.79 Å². The van der Waals surface area contributed by atoms with Crippen LogP contribution in [0.3, 0.4) is 0 Å². The average Bonchev–Trinajstić information content (AvgIpc) is 3.42. The Morgan fingerprint density at radius 3 is 2.59 bits per heavy atom. The predicted octanol–water partition coefficient (Wildman–Crippen LogP) is 5.01. The third kappa shape index (κ3) is 3.57. The summed E-state index contributed by atoms with van der Waals surface area (Å²) in [6.45, 7) is 9.55. The van der Waals surface area contributed by atoms with Crippen LogP contribution in [0.25, 0.3) is 16.8 Å². The number of carbonyl (C=O) groups is 1. The van der Waals surface area contributed by atoms with Crippen LogP contribution in [0.15, 0.2) is 48.7 Å². The van der Waals surface area contributed by atoms with Crippen LogP contribution in [0, 0.1) is 13.8 Å². The predicted molar refractivity (Wildman–Crippen MR) is 132 cm³/mol. The molecule has 2 aromatic heterocycles. The summed E-state index contributed by atoms with van der Waals surface area (Å²) < 4.78 is 13.3. The second-order valence-electron chi connectivity index (χ2n) is 8.32. The van der Waals surface area contributed by atoms with Gasteiger partial charge in [-0.15, -0.1) is 0 Å². The van der Waals surface area contributed by atoms with Gasteiger partial charge in [0.25, 0.3) is 5.91 Å². The van der Waals surface area contributed by atoms with Crippen LogP contribution in [0.2, 0.25) is 0 Å². The smallest absolute Gasteiger partial charge is 0.261 e. The molecule has 1 amide bonds. The number of para-hydroxylation sites is 1. The lowest BCUT2D eigenvalue weighted by molar-refractivity contribution is 0.0987. The third-order valence-corrected chi connectivity index (χ3v) is 6.25. The molecule has 0 saturated heterocycles. The van der Waals surface area contributed by atoms with E-state index in [1.54, 1.807) is 10.7 Å². The quantitative estimate of drug-likeness (QED) is 0.408. The van der Waals surface area contributed by atoms with Crippen molar-refractivity contribution in [1.82, 2.24) is 14.6 Å². The fourth-order valence-electron chi connectivity index (χ4n) is 4.65. The molecule has 174 valence electrons. The highest BCUT2D eigenvalue weighted by Crippen LogP contribution is 2.36. The van der Waals surface area contributed by atoms with Crippen molar-refractivity contribution in [3.8, 4) is 22.6 Å². The Bertz CT molecular complexity index is 1390. The van der Waals surface area contributed by atoms with Crippen molar-refractivity contribution >= 4 is 17.2 Å². The molecule has 5 rings (SSSR count). The second-order valence-corrected chi connectivity index (χ2v) is 8.32. The van der Waals surface area contributed by atoms with Crippen LogP contribution in [0.5, 0.6) is 11.5 Å². The summed E-state index contributed by atoms with van der Waals surface area (Å²) in [7, 11) is 0. The molecule has 4 aromatic rings. The molecule has 1 aliphatic rings. The summed E-state index contributed by atoms with van der Waals surface area (Å²) in [6.07, 6.45) is 2.54. The van der Waals surface area contributed by atoms with Crippen molar-refractivity contribution in [2.24, 2.45) is 0 Å². The number of hydrogen-bond donors (Lipinski definition) is 0. The van der Waals surface area contributed by atoms with E-state index in [0.717, 1.165) is 34.6 Å². The maximum Gasteiger partial charge on any atom is 0.261 e. The Kier molecular flexibility index (Phi) is 5.69. The average molecular weight is 457 g/mol. The lowest BCUT2D eigenvalue weighted by atomic mass is 10.1. The number of rotatable bonds is 6. The molecule has 0 fully saturated rings. The molecule has 1 aliphatic heterocycles. The molecule has 0 saturated carbocycles. The number of nitrogens with zero attached hydrogens (tertiary/aromatic N) is 4. The van der Waals surface area contributed by atoms with Crippen molar-refractivity contribution in [2.75, 3.05) is 24.7 Å². The molecule has 7 heteroatoms. The Hall–Kier alpha value is -3.87. The minimum absolute atomic E-state index is 0.0498. The first kappa shape index (κ1) is 21.9. The van der Waals surface area contributed by atoms with E-state index in [0.29, 0.717) is 42.5 Å². The first-order valence-corrected chi connectivity index (χ1v) is 11.7. The fraction of sp³-hybridized carbons (Fsp3) is 0.296. The number of anilines is 1. The number of aryl methyl sites for hydroxylation is 2. The monoisotopic (exact) mass is 456 g/mol. The van der Waals surface area contributed by atoms with E-state index in [2.05, 4.69) is 6.07 Å². The maximum absolute atomic E-state index is 13.5. The molecule has 0 atom stereocenters. The highest BCUT2D eigenvalue weighted by Gasteiger charge is 2.28. The van der Waals surface area contributed by atoms with Gasteiger partial charge in [0, 0.05) is 24.0 Å². The molecule has 0 N–H and O–H groups in total. The summed E-state index contributed by atoms with van der Waals surface area (Å²) in [6, 6.07) is 13.9. The van der Waals surface area contributed by atoms with E-state index in [4.69, 9.17) is 19.6 Å². The van der Waals surface area contributed by atoms with E-state index in [1.807, 2.05) is 69.0 Å². The lowest BCUT2D eigenvalue weighted by Gasteiger charge is -2.18. The molecule has 2 aromatic carbocycles. The van der Waals surface area contributed by atoms with Gasteiger partial charge in [-0.1, -0.05) is 24.3 Å². The lowest BCUT2D eigenvalue weighted by Crippen LogP contribution is -2.30. The van der Waals surface area contributed by atoms with Crippen LogP contribution in [0.1, 0.15) is 41.2 Å². The Balaban J connectivity index is 1.56. The van der Waals surface area contributed by atoms with Crippen LogP contribution in [-0.2, 0) is 6.42 Å². The molecule has 0 spiro atoms. The third-order valence-electron chi connectivity index (χ3n) is 6.25. The van der Waals surface area contributed by atoms with E-state index >= 15 is 0 Å². The van der Waals surface area contributed by atoms with Gasteiger partial charge in [0.1, 0.15) is 0 Å². The number of carbonyl (C=O) groups excluding carboxylic acids is 1. The van der Waals surface area contributed by atoms with E-state index < -0.39 is 0 Å². The summed E-state index contributed by atoms with van der Waals surface area (Å²) in [5.74, 6) is 1.35. The zero-order valence-electron chi connectivity index (χ0n) is 20.0. The van der Waals surface area contributed by atoms with Gasteiger partial charge in [-0.05, 0) is 63.4 Å². The van der Waals surface area contributed by atoms with Crippen LogP contribution in [-0.4, -0.2) is 40.3 Å². The van der Waals surface area contributed by atoms with Crippen molar-refractivity contribution < 1.29 is 14.3 Å². The van der Waals surface area contributed by atoms with E-state index in [9.17, 15) is 4.79 Å². The Morgan fingerprint density at radius 1 is 1.03 bits per heavy atom. The molecular formula is C27H28N4O3. The number of ether oxygens (including phenoxy) is 2. The Labute approximate surface area is 198 Å². The van der Waals surface area contributed by atoms with Crippen molar-refractivity contribution in [3.63, 3.8) is 0 Å². The van der Waals surface area contributed by atoms with Gasteiger partial charge in [-0.25, -0.2) is 9.50 Å².